The lowest BCUT2D eigenvalue weighted by Gasteiger charge is -2.48. The Balaban J connectivity index is 1.68. The maximum atomic E-state index is 12.8. The molecular formula is C18H27N3O3S. The largest absolute Gasteiger partial charge is 0.397 e. The molecule has 1 spiro atoms. The minimum Gasteiger partial charge on any atom is -0.397 e. The SMILES string of the molecule is COCCCN1C[C@]2(CCCN(C(=O)c3sccc3N)C2)CCC1=O. The van der Waals surface area contributed by atoms with E-state index in [2.05, 4.69) is 0 Å². The Morgan fingerprint density at radius 3 is 2.96 bits per heavy atom. The lowest BCUT2D eigenvalue weighted by molar-refractivity contribution is -0.139. The second-order valence-electron chi connectivity index (χ2n) is 7.20. The summed E-state index contributed by atoms with van der Waals surface area (Å²) >= 11 is 1.41. The molecule has 138 valence electrons. The third-order valence-electron chi connectivity index (χ3n) is 5.36. The second-order valence-corrected chi connectivity index (χ2v) is 8.11. The van der Waals surface area contributed by atoms with E-state index in [0.29, 0.717) is 23.6 Å². The van der Waals surface area contributed by atoms with Gasteiger partial charge >= 0.3 is 0 Å². The van der Waals surface area contributed by atoms with Gasteiger partial charge in [0.2, 0.25) is 5.91 Å². The molecule has 2 saturated heterocycles. The quantitative estimate of drug-likeness (QED) is 0.812. The van der Waals surface area contributed by atoms with Gasteiger partial charge in [-0.3, -0.25) is 9.59 Å². The number of methoxy groups -OCH3 is 1. The van der Waals surface area contributed by atoms with E-state index in [9.17, 15) is 9.59 Å². The summed E-state index contributed by atoms with van der Waals surface area (Å²) < 4.78 is 5.10. The van der Waals surface area contributed by atoms with Crippen molar-refractivity contribution >= 4 is 28.8 Å². The van der Waals surface area contributed by atoms with E-state index >= 15 is 0 Å². The van der Waals surface area contributed by atoms with Gasteiger partial charge in [0.05, 0.1) is 5.69 Å². The number of likely N-dealkylation sites (tertiary alicyclic amines) is 2. The Bertz CT molecular complexity index is 633. The van der Waals surface area contributed by atoms with Gasteiger partial charge in [0.25, 0.3) is 5.91 Å². The predicted molar refractivity (Wildman–Crippen MR) is 98.6 cm³/mol. The standard InChI is InChI=1S/C18H27N3O3S/c1-24-10-3-9-20-12-18(7-4-15(20)22)6-2-8-21(13-18)17(23)16-14(19)5-11-25-16/h5,11H,2-4,6-10,12-13,19H2,1H3/t18-/m0/s1. The summed E-state index contributed by atoms with van der Waals surface area (Å²) in [6.07, 6.45) is 4.36. The zero-order chi connectivity index (χ0) is 17.9. The minimum atomic E-state index is 0.0287. The van der Waals surface area contributed by atoms with Crippen LogP contribution in [0.5, 0.6) is 0 Å². The monoisotopic (exact) mass is 365 g/mol. The average Bonchev–Trinajstić information content (AvgIpc) is 3.04. The summed E-state index contributed by atoms with van der Waals surface area (Å²) in [4.78, 5) is 29.6. The maximum Gasteiger partial charge on any atom is 0.266 e. The molecule has 0 unspecified atom stereocenters. The third kappa shape index (κ3) is 3.98. The Morgan fingerprint density at radius 2 is 2.24 bits per heavy atom. The molecule has 3 rings (SSSR count). The molecule has 1 aromatic heterocycles. The van der Waals surface area contributed by atoms with Gasteiger partial charge in [0.15, 0.2) is 0 Å². The van der Waals surface area contributed by atoms with Crippen molar-refractivity contribution in [3.05, 3.63) is 16.3 Å². The van der Waals surface area contributed by atoms with Crippen LogP contribution < -0.4 is 5.73 Å². The topological polar surface area (TPSA) is 75.9 Å². The number of nitrogens with zero attached hydrogens (tertiary/aromatic N) is 2. The Morgan fingerprint density at radius 1 is 1.40 bits per heavy atom. The van der Waals surface area contributed by atoms with Crippen molar-refractivity contribution in [1.29, 1.82) is 0 Å². The Hall–Kier alpha value is -1.60. The highest BCUT2D eigenvalue weighted by Crippen LogP contribution is 2.39. The Kier molecular flexibility index (Phi) is 5.64. The molecule has 1 aromatic rings. The van der Waals surface area contributed by atoms with Crippen LogP contribution in [0, 0.1) is 5.41 Å². The predicted octanol–water partition coefficient (Wildman–Crippen LogP) is 2.21. The summed E-state index contributed by atoms with van der Waals surface area (Å²) in [6.45, 7) is 3.64. The zero-order valence-corrected chi connectivity index (χ0v) is 15.6. The molecule has 0 radical (unpaired) electrons. The van der Waals surface area contributed by atoms with Gasteiger partial charge in [-0.05, 0) is 37.1 Å². The van der Waals surface area contributed by atoms with E-state index in [0.717, 1.165) is 51.9 Å². The fourth-order valence-corrected chi connectivity index (χ4v) is 4.84. The van der Waals surface area contributed by atoms with Gasteiger partial charge in [-0.2, -0.15) is 0 Å². The molecule has 25 heavy (non-hydrogen) atoms. The van der Waals surface area contributed by atoms with E-state index in [1.165, 1.54) is 11.3 Å². The molecule has 2 aliphatic rings. The van der Waals surface area contributed by atoms with Gasteiger partial charge in [-0.15, -0.1) is 11.3 Å². The molecule has 6 nitrogen and oxygen atoms in total. The van der Waals surface area contributed by atoms with Crippen LogP contribution >= 0.6 is 11.3 Å². The number of amides is 2. The third-order valence-corrected chi connectivity index (χ3v) is 6.28. The highest BCUT2D eigenvalue weighted by atomic mass is 32.1. The maximum absolute atomic E-state index is 12.8. The molecule has 2 amide bonds. The molecule has 7 heteroatoms. The van der Waals surface area contributed by atoms with Crippen molar-refractivity contribution in [2.75, 3.05) is 45.6 Å². The summed E-state index contributed by atoms with van der Waals surface area (Å²) in [5, 5.41) is 1.86. The molecule has 2 N–H and O–H groups in total. The van der Waals surface area contributed by atoms with Crippen molar-refractivity contribution in [3.8, 4) is 0 Å². The molecule has 3 heterocycles. The number of piperidine rings is 2. The Labute approximate surface area is 152 Å². The lowest BCUT2D eigenvalue weighted by atomic mass is 9.73. The zero-order valence-electron chi connectivity index (χ0n) is 14.8. The smallest absolute Gasteiger partial charge is 0.266 e. The van der Waals surface area contributed by atoms with Crippen LogP contribution in [0.4, 0.5) is 5.69 Å². The highest BCUT2D eigenvalue weighted by molar-refractivity contribution is 7.12. The number of ether oxygens (including phenoxy) is 1. The lowest BCUT2D eigenvalue weighted by Crippen LogP contribution is -2.55. The van der Waals surface area contributed by atoms with Crippen LogP contribution in [0.2, 0.25) is 0 Å². The van der Waals surface area contributed by atoms with E-state index in [1.54, 1.807) is 13.2 Å². The number of nitrogen functional groups attached to an aromatic ring is 1. The number of carbonyl (C=O) groups is 2. The van der Waals surface area contributed by atoms with Gasteiger partial charge in [-0.1, -0.05) is 0 Å². The number of thiophene rings is 1. The van der Waals surface area contributed by atoms with Gasteiger partial charge < -0.3 is 20.3 Å². The van der Waals surface area contributed by atoms with Gasteiger partial charge in [0, 0.05) is 51.7 Å². The van der Waals surface area contributed by atoms with Crippen LogP contribution in [-0.4, -0.2) is 61.5 Å². The molecule has 1 atom stereocenters. The van der Waals surface area contributed by atoms with Crippen molar-refractivity contribution in [1.82, 2.24) is 9.80 Å². The normalized spacial score (nSPS) is 24.1. The van der Waals surface area contributed by atoms with E-state index in [4.69, 9.17) is 10.5 Å². The second kappa shape index (κ2) is 7.74. The van der Waals surface area contributed by atoms with E-state index in [1.807, 2.05) is 15.2 Å². The summed E-state index contributed by atoms with van der Waals surface area (Å²) in [7, 11) is 1.68. The molecule has 2 aliphatic heterocycles. The highest BCUT2D eigenvalue weighted by Gasteiger charge is 2.42. The van der Waals surface area contributed by atoms with E-state index < -0.39 is 0 Å². The molecular weight excluding hydrogens is 338 g/mol. The van der Waals surface area contributed by atoms with Crippen LogP contribution in [-0.2, 0) is 9.53 Å². The summed E-state index contributed by atoms with van der Waals surface area (Å²) in [5.41, 5.74) is 6.52. The number of rotatable bonds is 5. The summed E-state index contributed by atoms with van der Waals surface area (Å²) in [5.74, 6) is 0.266. The van der Waals surface area contributed by atoms with Crippen LogP contribution in [0.1, 0.15) is 41.8 Å². The number of hydrogen-bond acceptors (Lipinski definition) is 5. The van der Waals surface area contributed by atoms with Crippen molar-refractivity contribution in [2.24, 2.45) is 5.41 Å². The van der Waals surface area contributed by atoms with Crippen molar-refractivity contribution in [2.45, 2.75) is 32.1 Å². The van der Waals surface area contributed by atoms with Crippen molar-refractivity contribution < 1.29 is 14.3 Å². The minimum absolute atomic E-state index is 0.0287. The van der Waals surface area contributed by atoms with Gasteiger partial charge in [0.1, 0.15) is 4.88 Å². The van der Waals surface area contributed by atoms with Crippen LogP contribution in [0.25, 0.3) is 0 Å². The molecule has 0 bridgehead atoms. The van der Waals surface area contributed by atoms with E-state index in [-0.39, 0.29) is 17.2 Å². The molecule has 0 saturated carbocycles. The number of carbonyl (C=O) groups excluding carboxylic acids is 2. The number of anilines is 1. The molecule has 2 fully saturated rings. The van der Waals surface area contributed by atoms with Gasteiger partial charge in [-0.25, -0.2) is 0 Å². The van der Waals surface area contributed by atoms with Crippen LogP contribution in [0.3, 0.4) is 0 Å². The first-order valence-corrected chi connectivity index (χ1v) is 9.82. The first kappa shape index (κ1) is 18.2. The fraction of sp³-hybridized carbons (Fsp3) is 0.667. The van der Waals surface area contributed by atoms with Crippen LogP contribution in [0.15, 0.2) is 11.4 Å². The number of hydrogen-bond donors (Lipinski definition) is 1. The average molecular weight is 365 g/mol. The summed E-state index contributed by atoms with van der Waals surface area (Å²) in [6, 6.07) is 1.79. The molecule has 0 aromatic carbocycles. The molecule has 0 aliphatic carbocycles. The first-order valence-electron chi connectivity index (χ1n) is 8.94. The first-order chi connectivity index (χ1) is 12.0. The number of nitrogens with two attached hydrogens (primary N) is 1. The fourth-order valence-electron chi connectivity index (χ4n) is 4.06. The van der Waals surface area contributed by atoms with Crippen molar-refractivity contribution in [3.63, 3.8) is 0 Å².